The van der Waals surface area contributed by atoms with E-state index in [2.05, 4.69) is 222 Å². The molecular formula is C77H51N9. The van der Waals surface area contributed by atoms with Crippen LogP contribution >= 0.6 is 0 Å². The van der Waals surface area contributed by atoms with Gasteiger partial charge in [-0.15, -0.1) is 0 Å². The first-order valence-electron chi connectivity index (χ1n) is 28.6. The Bertz CT molecular complexity index is 4510. The molecule has 0 saturated carbocycles. The molecule has 9 nitrogen and oxygen atoms in total. The van der Waals surface area contributed by atoms with Gasteiger partial charge in [-0.3, -0.25) is 4.90 Å². The standard InChI is InChI=1S/C77H51N9/c1-9-29-52(30-10-1)60-49-61(64-50-62(53-31-11-2-12-32-53)78-73(80-64)56-37-17-5-18-38-56)70(55-35-15-4-16-36-55)71(77-83-75(58-41-21-7-22-42-58)82-76(84-77)59-43-23-8-24-44-59)72(60)86-67-47-27-25-45-65(67)85(66-46-26-28-48-68(66)86)69-51-63(54-33-13-3-14-34-54)79-74(81-69)57-39-19-6-20-40-57/h1-51H. The van der Waals surface area contributed by atoms with Gasteiger partial charge < -0.3 is 4.90 Å². The molecule has 0 atom stereocenters. The van der Waals surface area contributed by atoms with Crippen molar-refractivity contribution in [3.05, 3.63) is 309 Å². The number of aromatic nitrogens is 7. The number of nitrogens with zero attached hydrogens (tertiary/aromatic N) is 9. The zero-order valence-corrected chi connectivity index (χ0v) is 46.5. The minimum atomic E-state index is 0.472. The summed E-state index contributed by atoms with van der Waals surface area (Å²) >= 11 is 0. The van der Waals surface area contributed by atoms with Crippen molar-refractivity contribution in [3.8, 4) is 113 Å². The smallest absolute Gasteiger partial charge is 0.166 e. The van der Waals surface area contributed by atoms with Gasteiger partial charge in [0.05, 0.1) is 51.1 Å². The molecule has 0 bridgehead atoms. The summed E-state index contributed by atoms with van der Waals surface area (Å²) < 4.78 is 0. The highest BCUT2D eigenvalue weighted by molar-refractivity contribution is 6.12. The van der Waals surface area contributed by atoms with E-state index in [4.69, 9.17) is 34.9 Å². The minimum absolute atomic E-state index is 0.472. The van der Waals surface area contributed by atoms with Crippen LogP contribution in [0.1, 0.15) is 0 Å². The molecule has 0 radical (unpaired) electrons. The molecule has 0 fully saturated rings. The summed E-state index contributed by atoms with van der Waals surface area (Å²) in [5, 5.41) is 0. The van der Waals surface area contributed by atoms with Gasteiger partial charge >= 0.3 is 0 Å². The van der Waals surface area contributed by atoms with Crippen molar-refractivity contribution in [1.82, 2.24) is 34.9 Å². The zero-order valence-electron chi connectivity index (χ0n) is 46.5. The van der Waals surface area contributed by atoms with E-state index in [1.807, 2.05) is 97.1 Å². The lowest BCUT2D eigenvalue weighted by molar-refractivity contribution is 1.07. The van der Waals surface area contributed by atoms with Crippen molar-refractivity contribution >= 4 is 34.3 Å². The Labute approximate surface area is 498 Å². The van der Waals surface area contributed by atoms with Crippen LogP contribution in [-0.2, 0) is 0 Å². The van der Waals surface area contributed by atoms with Gasteiger partial charge in [-0.05, 0) is 47.5 Å². The summed E-state index contributed by atoms with van der Waals surface area (Å²) in [6.45, 7) is 0. The summed E-state index contributed by atoms with van der Waals surface area (Å²) in [7, 11) is 0. The minimum Gasteiger partial charge on any atom is -0.305 e. The third kappa shape index (κ3) is 9.70. The van der Waals surface area contributed by atoms with E-state index in [1.54, 1.807) is 0 Å². The van der Waals surface area contributed by atoms with Crippen molar-refractivity contribution in [2.75, 3.05) is 9.80 Å². The van der Waals surface area contributed by atoms with Crippen molar-refractivity contribution in [3.63, 3.8) is 0 Å². The van der Waals surface area contributed by atoms with Crippen LogP contribution in [0.5, 0.6) is 0 Å². The highest BCUT2D eigenvalue weighted by atomic mass is 15.3. The van der Waals surface area contributed by atoms with Crippen LogP contribution in [0.4, 0.5) is 34.3 Å². The monoisotopic (exact) mass is 1100 g/mol. The maximum Gasteiger partial charge on any atom is 0.166 e. The number of hydrogen-bond donors (Lipinski definition) is 0. The molecule has 0 spiro atoms. The highest BCUT2D eigenvalue weighted by Crippen LogP contribution is 2.60. The Kier molecular flexibility index (Phi) is 13.4. The van der Waals surface area contributed by atoms with Gasteiger partial charge in [-0.2, -0.15) is 0 Å². The maximum atomic E-state index is 5.68. The number of benzene rings is 11. The lowest BCUT2D eigenvalue weighted by Crippen LogP contribution is -2.26. The molecule has 14 aromatic rings. The first-order valence-corrected chi connectivity index (χ1v) is 28.6. The van der Waals surface area contributed by atoms with E-state index in [-0.39, 0.29) is 0 Å². The molecule has 1 aliphatic heterocycles. The number of rotatable bonds is 12. The summed E-state index contributed by atoms with van der Waals surface area (Å²) in [5.41, 5.74) is 17.5. The van der Waals surface area contributed by atoms with Crippen molar-refractivity contribution < 1.29 is 0 Å². The van der Waals surface area contributed by atoms with Gasteiger partial charge in [0.1, 0.15) is 5.82 Å². The second-order valence-electron chi connectivity index (χ2n) is 20.8. The molecule has 0 aliphatic carbocycles. The van der Waals surface area contributed by atoms with Crippen LogP contribution in [0, 0.1) is 0 Å². The molecule has 11 aromatic carbocycles. The molecule has 4 heterocycles. The molecule has 15 rings (SSSR count). The topological polar surface area (TPSA) is 96.7 Å². The van der Waals surface area contributed by atoms with E-state index in [0.717, 1.165) is 112 Å². The van der Waals surface area contributed by atoms with Gasteiger partial charge in [0.15, 0.2) is 29.1 Å². The lowest BCUT2D eigenvalue weighted by atomic mass is 9.85. The molecule has 1 aliphatic rings. The first-order chi connectivity index (χ1) is 42.7. The molecule has 9 heteroatoms. The normalized spacial score (nSPS) is 11.7. The molecule has 404 valence electrons. The SMILES string of the molecule is c1ccc(-c2cc(-c3cc(-c4ccccc4)c(N4c5ccccc5N(c5cc(-c6ccccc6)nc(-c6ccccc6)n5)c5ccccc54)c(-c4nc(-c5ccccc5)nc(-c5ccccc5)n4)c3-c3ccccc3)nc(-c3ccccc3)n2)cc1. The fraction of sp³-hybridized carbons (Fsp3) is 0. The largest absolute Gasteiger partial charge is 0.305 e. The number of para-hydroxylation sites is 4. The Morgan fingerprint density at radius 2 is 0.512 bits per heavy atom. The third-order valence-corrected chi connectivity index (χ3v) is 15.5. The highest BCUT2D eigenvalue weighted by Gasteiger charge is 2.37. The second kappa shape index (κ2) is 22.5. The fourth-order valence-corrected chi connectivity index (χ4v) is 11.5. The van der Waals surface area contributed by atoms with E-state index < -0.39 is 0 Å². The average molecular weight is 1100 g/mol. The summed E-state index contributed by atoms with van der Waals surface area (Å²) in [6, 6.07) is 106. The molecular weight excluding hydrogens is 1050 g/mol. The van der Waals surface area contributed by atoms with Gasteiger partial charge in [0.2, 0.25) is 0 Å². The van der Waals surface area contributed by atoms with E-state index in [1.165, 1.54) is 0 Å². The van der Waals surface area contributed by atoms with Gasteiger partial charge in [-0.25, -0.2) is 34.9 Å². The summed E-state index contributed by atoms with van der Waals surface area (Å²) in [4.78, 5) is 43.0. The number of fused-ring (bicyclic) bond motifs is 2. The fourth-order valence-electron chi connectivity index (χ4n) is 11.5. The predicted octanol–water partition coefficient (Wildman–Crippen LogP) is 19.4. The maximum absolute atomic E-state index is 5.68. The Morgan fingerprint density at radius 1 is 0.198 bits per heavy atom. The second-order valence-corrected chi connectivity index (χ2v) is 20.8. The number of anilines is 6. The van der Waals surface area contributed by atoms with Crippen LogP contribution in [-0.4, -0.2) is 34.9 Å². The molecule has 0 amide bonds. The molecule has 86 heavy (non-hydrogen) atoms. The Hall–Kier alpha value is -11.8. The van der Waals surface area contributed by atoms with Gasteiger partial charge in [0.25, 0.3) is 0 Å². The van der Waals surface area contributed by atoms with Crippen LogP contribution in [0.25, 0.3) is 113 Å². The molecule has 0 N–H and O–H groups in total. The van der Waals surface area contributed by atoms with Crippen LogP contribution in [0.3, 0.4) is 0 Å². The van der Waals surface area contributed by atoms with E-state index in [9.17, 15) is 0 Å². The molecule has 0 unspecified atom stereocenters. The van der Waals surface area contributed by atoms with Crippen molar-refractivity contribution in [2.45, 2.75) is 0 Å². The van der Waals surface area contributed by atoms with Gasteiger partial charge in [0, 0.05) is 56.1 Å². The predicted molar refractivity (Wildman–Crippen MR) is 348 cm³/mol. The van der Waals surface area contributed by atoms with Crippen LogP contribution < -0.4 is 9.80 Å². The van der Waals surface area contributed by atoms with Crippen molar-refractivity contribution in [1.29, 1.82) is 0 Å². The van der Waals surface area contributed by atoms with E-state index in [0.29, 0.717) is 34.9 Å². The molecule has 3 aromatic heterocycles. The summed E-state index contributed by atoms with van der Waals surface area (Å²) in [6.07, 6.45) is 0. The quantitative estimate of drug-likeness (QED) is 0.118. The van der Waals surface area contributed by atoms with Crippen LogP contribution in [0.15, 0.2) is 309 Å². The first kappa shape index (κ1) is 51.1. The van der Waals surface area contributed by atoms with E-state index >= 15 is 0 Å². The Balaban J connectivity index is 1.09. The Morgan fingerprint density at radius 3 is 0.942 bits per heavy atom. The van der Waals surface area contributed by atoms with Crippen molar-refractivity contribution in [2.24, 2.45) is 0 Å². The number of hydrogen-bond acceptors (Lipinski definition) is 9. The zero-order chi connectivity index (χ0) is 57.2. The summed E-state index contributed by atoms with van der Waals surface area (Å²) in [5.74, 6) is 3.46. The third-order valence-electron chi connectivity index (χ3n) is 15.5. The lowest BCUT2D eigenvalue weighted by Gasteiger charge is -2.41. The average Bonchev–Trinajstić information content (AvgIpc) is 0.858. The van der Waals surface area contributed by atoms with Gasteiger partial charge in [-0.1, -0.05) is 267 Å². The van der Waals surface area contributed by atoms with Crippen LogP contribution in [0.2, 0.25) is 0 Å². The molecule has 0 saturated heterocycles.